The number of rotatable bonds is 13. The molecule has 0 bridgehead atoms. The quantitative estimate of drug-likeness (QED) is 0.280. The molecular formula is C25H36O4. The summed E-state index contributed by atoms with van der Waals surface area (Å²) in [5.41, 5.74) is 0. The van der Waals surface area contributed by atoms with Crippen molar-refractivity contribution >= 4 is 11.9 Å². The van der Waals surface area contributed by atoms with E-state index in [1.165, 1.54) is 6.92 Å². The largest absolute Gasteiger partial charge is 0.458 e. The van der Waals surface area contributed by atoms with Gasteiger partial charge in [0, 0.05) is 6.92 Å². The van der Waals surface area contributed by atoms with Gasteiger partial charge in [0.15, 0.2) is 6.10 Å². The first-order chi connectivity index (χ1) is 14.1. The Morgan fingerprint density at radius 3 is 1.86 bits per heavy atom. The number of carbonyl (C=O) groups excluding carboxylic acids is 2. The molecule has 0 aromatic carbocycles. The molecule has 0 unspecified atom stereocenters. The Labute approximate surface area is 176 Å². The summed E-state index contributed by atoms with van der Waals surface area (Å²) < 4.78 is 10.5. The number of esters is 2. The van der Waals surface area contributed by atoms with E-state index in [9.17, 15) is 9.59 Å². The van der Waals surface area contributed by atoms with E-state index in [1.807, 2.05) is 0 Å². The first kappa shape index (κ1) is 24.7. The van der Waals surface area contributed by atoms with E-state index < -0.39 is 6.10 Å². The van der Waals surface area contributed by atoms with Crippen molar-refractivity contribution in [3.63, 3.8) is 0 Å². The second kappa shape index (κ2) is 15.5. The van der Waals surface area contributed by atoms with Crippen LogP contribution in [-0.2, 0) is 19.1 Å². The van der Waals surface area contributed by atoms with E-state index in [-0.39, 0.29) is 24.0 Å². The maximum absolute atomic E-state index is 11.9. The molecule has 4 heteroatoms. The van der Waals surface area contributed by atoms with E-state index in [2.05, 4.69) is 67.7 Å². The maximum Gasteiger partial charge on any atom is 0.313 e. The average molecular weight is 401 g/mol. The van der Waals surface area contributed by atoms with Gasteiger partial charge in [-0.05, 0) is 51.9 Å². The van der Waals surface area contributed by atoms with Crippen molar-refractivity contribution in [3.8, 4) is 0 Å². The molecule has 0 spiro atoms. The van der Waals surface area contributed by atoms with Crippen LogP contribution in [0.5, 0.6) is 0 Å². The molecule has 1 heterocycles. The minimum Gasteiger partial charge on any atom is -0.458 e. The van der Waals surface area contributed by atoms with Crippen LogP contribution in [0.15, 0.2) is 60.8 Å². The lowest BCUT2D eigenvalue weighted by atomic mass is 9.96. The average Bonchev–Trinajstić information content (AvgIpc) is 2.94. The Kier molecular flexibility index (Phi) is 13.2. The second-order valence-corrected chi connectivity index (χ2v) is 7.11. The van der Waals surface area contributed by atoms with Gasteiger partial charge in [0.1, 0.15) is 6.10 Å². The summed E-state index contributed by atoms with van der Waals surface area (Å²) in [4.78, 5) is 23.1. The Morgan fingerprint density at radius 2 is 1.38 bits per heavy atom. The number of hydrogen-bond donors (Lipinski definition) is 0. The molecule has 0 aromatic rings. The standard InChI is InChI=1S/C25H36O4/c1-4-5-6-7-8-9-10-11-12-13-14-15-16-17-18-19-20-23-24(29-22(3)26)21(2)28-25(23)27/h5-6,8-9,11-12,14-15,17-18,21,23-24H,4,7,10,13,16,19-20H2,1-3H3/b6-5-,9-8-,12-11-,15-14-,18-17-/t21-,23+,24-/m1/s1. The SMILES string of the molecule is CC/C=C\C/C=C\C/C=C\C/C=C\C/C=C\CC[C@@H]1C(=O)O[C@H](C)[C@H]1OC(C)=O. The summed E-state index contributed by atoms with van der Waals surface area (Å²) in [7, 11) is 0. The molecule has 4 nitrogen and oxygen atoms in total. The number of carbonyl (C=O) groups is 2. The fourth-order valence-corrected chi connectivity index (χ4v) is 3.10. The van der Waals surface area contributed by atoms with Gasteiger partial charge in [0.25, 0.3) is 0 Å². The molecule has 0 saturated carbocycles. The predicted molar refractivity (Wildman–Crippen MR) is 118 cm³/mol. The van der Waals surface area contributed by atoms with Gasteiger partial charge in [-0.3, -0.25) is 9.59 Å². The van der Waals surface area contributed by atoms with Gasteiger partial charge < -0.3 is 9.47 Å². The van der Waals surface area contributed by atoms with Crippen molar-refractivity contribution in [2.24, 2.45) is 5.92 Å². The summed E-state index contributed by atoms with van der Waals surface area (Å²) in [6.07, 6.45) is 27.0. The van der Waals surface area contributed by atoms with E-state index in [0.29, 0.717) is 6.42 Å². The van der Waals surface area contributed by atoms with Crippen LogP contribution in [0.2, 0.25) is 0 Å². The van der Waals surface area contributed by atoms with Gasteiger partial charge >= 0.3 is 11.9 Å². The third-order valence-electron chi connectivity index (χ3n) is 4.57. The highest BCUT2D eigenvalue weighted by Gasteiger charge is 2.43. The normalized spacial score (nSPS) is 22.7. The van der Waals surface area contributed by atoms with Crippen molar-refractivity contribution in [2.45, 2.75) is 77.9 Å². The smallest absolute Gasteiger partial charge is 0.313 e. The van der Waals surface area contributed by atoms with E-state index >= 15 is 0 Å². The van der Waals surface area contributed by atoms with Gasteiger partial charge in [-0.1, -0.05) is 67.7 Å². The monoisotopic (exact) mass is 400 g/mol. The maximum atomic E-state index is 11.9. The summed E-state index contributed by atoms with van der Waals surface area (Å²) in [6, 6.07) is 0. The van der Waals surface area contributed by atoms with E-state index in [1.54, 1.807) is 6.92 Å². The molecule has 1 aliphatic rings. The summed E-state index contributed by atoms with van der Waals surface area (Å²) in [6.45, 7) is 5.27. The molecule has 0 N–H and O–H groups in total. The van der Waals surface area contributed by atoms with Gasteiger partial charge in [-0.25, -0.2) is 0 Å². The predicted octanol–water partition coefficient (Wildman–Crippen LogP) is 6.01. The lowest BCUT2D eigenvalue weighted by Crippen LogP contribution is -2.30. The van der Waals surface area contributed by atoms with Crippen molar-refractivity contribution in [1.29, 1.82) is 0 Å². The Bertz CT molecular complexity index is 625. The Morgan fingerprint density at radius 1 is 0.897 bits per heavy atom. The van der Waals surface area contributed by atoms with Crippen LogP contribution in [0.4, 0.5) is 0 Å². The number of cyclic esters (lactones) is 1. The Balaban J connectivity index is 2.15. The zero-order chi connectivity index (χ0) is 21.3. The number of allylic oxidation sites excluding steroid dienone is 10. The van der Waals surface area contributed by atoms with Gasteiger partial charge in [-0.2, -0.15) is 0 Å². The Hall–Kier alpha value is -2.36. The topological polar surface area (TPSA) is 52.6 Å². The van der Waals surface area contributed by atoms with Gasteiger partial charge in [0.05, 0.1) is 5.92 Å². The molecule has 0 aromatic heterocycles. The third kappa shape index (κ3) is 11.3. The molecule has 1 saturated heterocycles. The lowest BCUT2D eigenvalue weighted by molar-refractivity contribution is -0.150. The van der Waals surface area contributed by atoms with Crippen LogP contribution in [0.1, 0.15) is 65.7 Å². The molecule has 3 atom stereocenters. The highest BCUT2D eigenvalue weighted by atomic mass is 16.6. The summed E-state index contributed by atoms with van der Waals surface area (Å²) in [5, 5.41) is 0. The van der Waals surface area contributed by atoms with Crippen molar-refractivity contribution in [1.82, 2.24) is 0 Å². The molecule has 0 amide bonds. The minimum atomic E-state index is -0.470. The van der Waals surface area contributed by atoms with Gasteiger partial charge in [0.2, 0.25) is 0 Å². The lowest BCUT2D eigenvalue weighted by Gasteiger charge is -2.17. The first-order valence-corrected chi connectivity index (χ1v) is 10.7. The summed E-state index contributed by atoms with van der Waals surface area (Å²) in [5.74, 6) is -1.01. The highest BCUT2D eigenvalue weighted by Crippen LogP contribution is 2.28. The van der Waals surface area contributed by atoms with Crippen molar-refractivity contribution in [3.05, 3.63) is 60.8 Å². The first-order valence-electron chi connectivity index (χ1n) is 10.7. The van der Waals surface area contributed by atoms with Crippen LogP contribution >= 0.6 is 0 Å². The molecule has 0 aliphatic carbocycles. The molecule has 160 valence electrons. The number of ether oxygens (including phenoxy) is 2. The minimum absolute atomic E-state index is 0.267. The zero-order valence-corrected chi connectivity index (χ0v) is 18.1. The van der Waals surface area contributed by atoms with Crippen LogP contribution in [0, 0.1) is 5.92 Å². The fraction of sp³-hybridized carbons (Fsp3) is 0.520. The molecule has 0 radical (unpaired) electrons. The number of hydrogen-bond acceptors (Lipinski definition) is 4. The fourth-order valence-electron chi connectivity index (χ4n) is 3.10. The molecule has 29 heavy (non-hydrogen) atoms. The van der Waals surface area contributed by atoms with Crippen LogP contribution in [0.3, 0.4) is 0 Å². The van der Waals surface area contributed by atoms with Crippen molar-refractivity contribution < 1.29 is 19.1 Å². The van der Waals surface area contributed by atoms with Gasteiger partial charge in [-0.15, -0.1) is 0 Å². The third-order valence-corrected chi connectivity index (χ3v) is 4.57. The van der Waals surface area contributed by atoms with E-state index in [4.69, 9.17) is 9.47 Å². The molecular weight excluding hydrogens is 364 g/mol. The molecule has 1 fully saturated rings. The van der Waals surface area contributed by atoms with Crippen LogP contribution in [0.25, 0.3) is 0 Å². The second-order valence-electron chi connectivity index (χ2n) is 7.11. The van der Waals surface area contributed by atoms with Crippen molar-refractivity contribution in [2.75, 3.05) is 0 Å². The molecule has 1 rings (SSSR count). The highest BCUT2D eigenvalue weighted by molar-refractivity contribution is 5.77. The van der Waals surface area contributed by atoms with E-state index in [0.717, 1.165) is 38.5 Å². The molecule has 1 aliphatic heterocycles. The van der Waals surface area contributed by atoms with Crippen LogP contribution in [-0.4, -0.2) is 24.1 Å². The summed E-state index contributed by atoms with van der Waals surface area (Å²) >= 11 is 0. The zero-order valence-electron chi connectivity index (χ0n) is 18.1. The van der Waals surface area contributed by atoms with Crippen LogP contribution < -0.4 is 0 Å².